The van der Waals surface area contributed by atoms with Crippen LogP contribution in [-0.2, 0) is 21.5 Å². The van der Waals surface area contributed by atoms with Crippen LogP contribution in [0.3, 0.4) is 0 Å². The third kappa shape index (κ3) is 5.74. The first-order valence-electron chi connectivity index (χ1n) is 9.08. The molecule has 1 heterocycles. The van der Waals surface area contributed by atoms with Crippen molar-refractivity contribution in [1.82, 2.24) is 4.98 Å². The number of methoxy groups -OCH3 is 1. The summed E-state index contributed by atoms with van der Waals surface area (Å²) in [5.41, 5.74) is -5.42. The van der Waals surface area contributed by atoms with Crippen molar-refractivity contribution in [3.63, 3.8) is 0 Å². The second kappa shape index (κ2) is 9.67. The number of hydrogen-bond acceptors (Lipinski definition) is 7. The van der Waals surface area contributed by atoms with Crippen LogP contribution in [0.1, 0.15) is 16.1 Å². The van der Waals surface area contributed by atoms with E-state index in [-0.39, 0.29) is 34.3 Å². The fourth-order valence-corrected chi connectivity index (χ4v) is 3.24. The minimum atomic E-state index is -6.00. The molecule has 1 aromatic heterocycles. The van der Waals surface area contributed by atoms with E-state index in [4.69, 9.17) is 16.3 Å². The number of aromatic nitrogens is 1. The molecule has 12 heteroatoms. The summed E-state index contributed by atoms with van der Waals surface area (Å²) in [7, 11) is -4.91. The fourth-order valence-electron chi connectivity index (χ4n) is 2.60. The molecule has 0 bridgehead atoms. The maximum absolute atomic E-state index is 12.8. The lowest BCUT2D eigenvalue weighted by Gasteiger charge is -2.15. The molecule has 2 aromatic carbocycles. The van der Waals surface area contributed by atoms with E-state index in [1.54, 1.807) is 0 Å². The molecule has 0 unspecified atom stereocenters. The molecule has 7 nitrogen and oxygen atoms in total. The standard InChI is InChI=1S/C21H15ClF3NO6S/c1-30-20(27)16-9-10-17(32-33(28,29)21(23,24)25)19(26-16)14-7-8-15(22)18(11-14)31-12-13-5-3-2-4-6-13/h2-11H,12H2,1H3. The highest BCUT2D eigenvalue weighted by Crippen LogP contribution is 2.37. The Morgan fingerprint density at radius 1 is 1.03 bits per heavy atom. The molecule has 174 valence electrons. The predicted molar refractivity (Wildman–Crippen MR) is 112 cm³/mol. The molecule has 0 aliphatic carbocycles. The van der Waals surface area contributed by atoms with Gasteiger partial charge in [0.05, 0.1) is 12.1 Å². The van der Waals surface area contributed by atoms with E-state index in [2.05, 4.69) is 13.9 Å². The smallest absolute Gasteiger partial charge is 0.487 e. The van der Waals surface area contributed by atoms with Gasteiger partial charge in [-0.25, -0.2) is 9.78 Å². The van der Waals surface area contributed by atoms with Crippen LogP contribution in [0.4, 0.5) is 13.2 Å². The minimum Gasteiger partial charge on any atom is -0.487 e. The molecular weight excluding hydrogens is 487 g/mol. The van der Waals surface area contributed by atoms with Gasteiger partial charge in [-0.3, -0.25) is 0 Å². The monoisotopic (exact) mass is 501 g/mol. The van der Waals surface area contributed by atoms with Gasteiger partial charge in [-0.05, 0) is 29.8 Å². The van der Waals surface area contributed by atoms with Crippen LogP contribution in [0.25, 0.3) is 11.3 Å². The number of hydrogen-bond donors (Lipinski definition) is 0. The number of benzene rings is 2. The predicted octanol–water partition coefficient (Wildman–Crippen LogP) is 5.00. The molecule has 0 radical (unpaired) electrons. The van der Waals surface area contributed by atoms with Crippen LogP contribution in [0.2, 0.25) is 5.02 Å². The quantitative estimate of drug-likeness (QED) is 0.256. The number of halogens is 4. The fraction of sp³-hybridized carbons (Fsp3) is 0.143. The van der Waals surface area contributed by atoms with Gasteiger partial charge in [-0.1, -0.05) is 48.0 Å². The molecule has 0 N–H and O–H groups in total. The number of ether oxygens (including phenoxy) is 2. The molecule has 0 saturated heterocycles. The number of alkyl halides is 3. The first-order chi connectivity index (χ1) is 15.5. The molecular formula is C21H15ClF3NO6S. The zero-order chi connectivity index (χ0) is 24.2. The van der Waals surface area contributed by atoms with E-state index in [0.717, 1.165) is 24.8 Å². The number of nitrogens with zero attached hydrogens (tertiary/aromatic N) is 1. The van der Waals surface area contributed by atoms with Crippen molar-refractivity contribution < 1.29 is 40.0 Å². The van der Waals surface area contributed by atoms with Crippen LogP contribution in [-0.4, -0.2) is 32.0 Å². The number of carbonyl (C=O) groups excluding carboxylic acids is 1. The van der Waals surface area contributed by atoms with Crippen molar-refractivity contribution in [2.45, 2.75) is 12.1 Å². The maximum atomic E-state index is 12.8. The summed E-state index contributed by atoms with van der Waals surface area (Å²) >= 11 is 6.16. The second-order valence-electron chi connectivity index (χ2n) is 6.44. The molecule has 3 aromatic rings. The van der Waals surface area contributed by atoms with Gasteiger partial charge in [0.1, 0.15) is 23.7 Å². The molecule has 0 atom stereocenters. The Bertz CT molecular complexity index is 1270. The first-order valence-corrected chi connectivity index (χ1v) is 10.9. The van der Waals surface area contributed by atoms with Gasteiger partial charge in [0.2, 0.25) is 0 Å². The molecule has 0 aliphatic rings. The van der Waals surface area contributed by atoms with Gasteiger partial charge >= 0.3 is 21.6 Å². The highest BCUT2D eigenvalue weighted by atomic mass is 35.5. The first kappa shape index (κ1) is 24.3. The topological polar surface area (TPSA) is 91.8 Å². The van der Waals surface area contributed by atoms with E-state index < -0.39 is 27.3 Å². The van der Waals surface area contributed by atoms with Crippen molar-refractivity contribution >= 4 is 27.7 Å². The summed E-state index contributed by atoms with van der Waals surface area (Å²) in [6.07, 6.45) is 0. The maximum Gasteiger partial charge on any atom is 0.534 e. The van der Waals surface area contributed by atoms with Crippen LogP contribution >= 0.6 is 11.6 Å². The van der Waals surface area contributed by atoms with Gasteiger partial charge in [-0.2, -0.15) is 21.6 Å². The Morgan fingerprint density at radius 2 is 1.73 bits per heavy atom. The van der Waals surface area contributed by atoms with Crippen LogP contribution in [0.15, 0.2) is 60.7 Å². The lowest BCUT2D eigenvalue weighted by molar-refractivity contribution is -0.0500. The normalized spacial score (nSPS) is 11.7. The van der Waals surface area contributed by atoms with Gasteiger partial charge in [-0.15, -0.1) is 0 Å². The largest absolute Gasteiger partial charge is 0.534 e. The third-order valence-electron chi connectivity index (χ3n) is 4.18. The van der Waals surface area contributed by atoms with Crippen LogP contribution in [0.5, 0.6) is 11.5 Å². The molecule has 3 rings (SSSR count). The number of esters is 1. The van der Waals surface area contributed by atoms with E-state index in [1.165, 1.54) is 18.2 Å². The SMILES string of the molecule is COC(=O)c1ccc(OS(=O)(=O)C(F)(F)F)c(-c2ccc(Cl)c(OCc3ccccc3)c2)n1. The van der Waals surface area contributed by atoms with E-state index >= 15 is 0 Å². The Labute approximate surface area is 191 Å². The molecule has 0 amide bonds. The van der Waals surface area contributed by atoms with Gasteiger partial charge in [0, 0.05) is 5.56 Å². The molecule has 0 saturated carbocycles. The highest BCUT2D eigenvalue weighted by Gasteiger charge is 2.49. The summed E-state index contributed by atoms with van der Waals surface area (Å²) < 4.78 is 76.2. The van der Waals surface area contributed by atoms with E-state index in [9.17, 15) is 26.4 Å². The summed E-state index contributed by atoms with van der Waals surface area (Å²) in [6, 6.07) is 15.0. The average molecular weight is 502 g/mol. The number of carbonyl (C=O) groups is 1. The van der Waals surface area contributed by atoms with Crippen molar-refractivity contribution in [3.05, 3.63) is 76.9 Å². The van der Waals surface area contributed by atoms with Crippen molar-refractivity contribution in [1.29, 1.82) is 0 Å². The molecule has 0 spiro atoms. The lowest BCUT2D eigenvalue weighted by atomic mass is 10.1. The Balaban J connectivity index is 2.04. The highest BCUT2D eigenvalue weighted by molar-refractivity contribution is 7.88. The average Bonchev–Trinajstić information content (AvgIpc) is 2.78. The summed E-state index contributed by atoms with van der Waals surface area (Å²) in [5.74, 6) is -1.50. The summed E-state index contributed by atoms with van der Waals surface area (Å²) in [4.78, 5) is 15.8. The van der Waals surface area contributed by atoms with Gasteiger partial charge < -0.3 is 13.7 Å². The van der Waals surface area contributed by atoms with Crippen molar-refractivity contribution in [2.75, 3.05) is 7.11 Å². The molecule has 33 heavy (non-hydrogen) atoms. The lowest BCUT2D eigenvalue weighted by Crippen LogP contribution is -2.28. The van der Waals surface area contributed by atoms with Gasteiger partial charge in [0.25, 0.3) is 0 Å². The molecule has 0 fully saturated rings. The zero-order valence-corrected chi connectivity index (χ0v) is 18.4. The Hall–Kier alpha value is -3.31. The Kier molecular flexibility index (Phi) is 7.13. The second-order valence-corrected chi connectivity index (χ2v) is 8.38. The van der Waals surface area contributed by atoms with E-state index in [1.807, 2.05) is 30.3 Å². The van der Waals surface area contributed by atoms with E-state index in [0.29, 0.717) is 0 Å². The number of rotatable bonds is 7. The summed E-state index contributed by atoms with van der Waals surface area (Å²) in [5, 5.41) is 0.184. The zero-order valence-electron chi connectivity index (χ0n) is 16.8. The molecule has 0 aliphatic heterocycles. The minimum absolute atomic E-state index is 0.0839. The number of pyridine rings is 1. The third-order valence-corrected chi connectivity index (χ3v) is 5.46. The van der Waals surface area contributed by atoms with Crippen LogP contribution in [0, 0.1) is 0 Å². The van der Waals surface area contributed by atoms with Crippen molar-refractivity contribution in [2.24, 2.45) is 0 Å². The Morgan fingerprint density at radius 3 is 2.36 bits per heavy atom. The van der Waals surface area contributed by atoms with Gasteiger partial charge in [0.15, 0.2) is 5.75 Å². The van der Waals surface area contributed by atoms with Crippen molar-refractivity contribution in [3.8, 4) is 22.8 Å². The summed E-state index contributed by atoms with van der Waals surface area (Å²) in [6.45, 7) is 0.130. The van der Waals surface area contributed by atoms with Crippen LogP contribution < -0.4 is 8.92 Å².